The van der Waals surface area contributed by atoms with Crippen molar-refractivity contribution in [1.82, 2.24) is 10.2 Å². The molecule has 7 heteroatoms. The lowest BCUT2D eigenvalue weighted by molar-refractivity contribution is -0.145. The molecule has 1 fully saturated rings. The van der Waals surface area contributed by atoms with Crippen LogP contribution in [0.4, 0.5) is 5.82 Å². The number of esters is 1. The molecule has 1 aromatic heterocycles. The van der Waals surface area contributed by atoms with Gasteiger partial charge in [0.05, 0.1) is 24.7 Å². The van der Waals surface area contributed by atoms with Crippen LogP contribution in [-0.2, 0) is 9.53 Å². The van der Waals surface area contributed by atoms with Crippen LogP contribution in [0.25, 0.3) is 0 Å². The molecule has 124 valence electrons. The highest BCUT2D eigenvalue weighted by atomic mass is 16.5. The maximum Gasteiger partial charge on any atom is 0.311 e. The number of carbonyl (C=O) groups is 1. The summed E-state index contributed by atoms with van der Waals surface area (Å²) >= 11 is 0. The molecule has 0 unspecified atom stereocenters. The number of hydrogen-bond acceptors (Lipinski definition) is 7. The maximum atomic E-state index is 12.2. The molecule has 7 nitrogen and oxygen atoms in total. The van der Waals surface area contributed by atoms with Crippen molar-refractivity contribution in [3.8, 4) is 12.1 Å². The first-order chi connectivity index (χ1) is 12.2. The molecule has 1 aliphatic rings. The summed E-state index contributed by atoms with van der Waals surface area (Å²) in [6, 6.07) is 14.6. The monoisotopic (exact) mass is 333 g/mol. The molecule has 2 aromatic rings. The van der Waals surface area contributed by atoms with E-state index in [0.717, 1.165) is 5.56 Å². The van der Waals surface area contributed by atoms with Crippen LogP contribution in [0.15, 0.2) is 36.4 Å². The zero-order valence-corrected chi connectivity index (χ0v) is 13.6. The van der Waals surface area contributed by atoms with E-state index in [1.807, 2.05) is 23.1 Å². The number of benzene rings is 1. The zero-order valence-electron chi connectivity index (χ0n) is 13.6. The van der Waals surface area contributed by atoms with E-state index in [4.69, 9.17) is 15.3 Å². The van der Waals surface area contributed by atoms with E-state index in [9.17, 15) is 4.79 Å². The van der Waals surface area contributed by atoms with Crippen LogP contribution in [0.2, 0.25) is 0 Å². The van der Waals surface area contributed by atoms with E-state index in [1.54, 1.807) is 24.3 Å². The lowest BCUT2D eigenvalue weighted by Gasteiger charge is -2.16. The summed E-state index contributed by atoms with van der Waals surface area (Å²) in [4.78, 5) is 14.2. The van der Waals surface area contributed by atoms with Gasteiger partial charge in [0.15, 0.2) is 11.5 Å². The average Bonchev–Trinajstić information content (AvgIpc) is 3.13. The minimum absolute atomic E-state index is 0.0716. The number of anilines is 1. The molecule has 2 heterocycles. The van der Waals surface area contributed by atoms with Gasteiger partial charge < -0.3 is 9.64 Å². The Labute approximate surface area is 145 Å². The topological polar surface area (TPSA) is 103 Å². The second-order valence-electron chi connectivity index (χ2n) is 5.76. The van der Waals surface area contributed by atoms with Gasteiger partial charge in [-0.05, 0) is 29.8 Å². The van der Waals surface area contributed by atoms with Crippen molar-refractivity contribution < 1.29 is 9.53 Å². The minimum Gasteiger partial charge on any atom is -0.469 e. The van der Waals surface area contributed by atoms with Crippen molar-refractivity contribution in [1.29, 1.82) is 10.5 Å². The molecule has 0 radical (unpaired) electrons. The first-order valence-electron chi connectivity index (χ1n) is 7.73. The molecule has 0 bridgehead atoms. The van der Waals surface area contributed by atoms with Crippen LogP contribution >= 0.6 is 0 Å². The van der Waals surface area contributed by atoms with Gasteiger partial charge in [0.2, 0.25) is 0 Å². The van der Waals surface area contributed by atoms with Gasteiger partial charge in [0.1, 0.15) is 6.07 Å². The van der Waals surface area contributed by atoms with Gasteiger partial charge in [-0.2, -0.15) is 10.5 Å². The Bertz CT molecular complexity index is 849. The van der Waals surface area contributed by atoms with Crippen LogP contribution in [0.1, 0.15) is 22.7 Å². The third-order valence-corrected chi connectivity index (χ3v) is 4.38. The number of rotatable bonds is 3. The second-order valence-corrected chi connectivity index (χ2v) is 5.76. The van der Waals surface area contributed by atoms with Crippen molar-refractivity contribution in [2.24, 2.45) is 5.92 Å². The van der Waals surface area contributed by atoms with E-state index in [2.05, 4.69) is 16.3 Å². The number of hydrogen-bond donors (Lipinski definition) is 0. The SMILES string of the molecule is COC(=O)[C@@H]1CN(c2ccc(C#N)nn2)C[C@H]1c1ccc(C#N)cc1. The Morgan fingerprint density at radius 1 is 1.12 bits per heavy atom. The van der Waals surface area contributed by atoms with E-state index in [0.29, 0.717) is 24.5 Å². The summed E-state index contributed by atoms with van der Waals surface area (Å²) in [5.74, 6) is -0.0736. The van der Waals surface area contributed by atoms with Gasteiger partial charge in [-0.15, -0.1) is 10.2 Å². The molecule has 2 atom stereocenters. The summed E-state index contributed by atoms with van der Waals surface area (Å²) in [6.07, 6.45) is 0. The van der Waals surface area contributed by atoms with Crippen LogP contribution in [0.3, 0.4) is 0 Å². The number of nitriles is 2. The zero-order chi connectivity index (χ0) is 17.8. The van der Waals surface area contributed by atoms with Crippen molar-refractivity contribution in [2.75, 3.05) is 25.1 Å². The first kappa shape index (κ1) is 16.4. The molecule has 25 heavy (non-hydrogen) atoms. The summed E-state index contributed by atoms with van der Waals surface area (Å²) in [6.45, 7) is 1.03. The Morgan fingerprint density at radius 2 is 1.88 bits per heavy atom. The molecule has 0 saturated carbocycles. The normalized spacial score (nSPS) is 19.1. The quantitative estimate of drug-likeness (QED) is 0.786. The molecule has 1 aliphatic heterocycles. The molecule has 1 saturated heterocycles. The van der Waals surface area contributed by atoms with Crippen LogP contribution < -0.4 is 4.90 Å². The fourth-order valence-corrected chi connectivity index (χ4v) is 3.08. The van der Waals surface area contributed by atoms with E-state index >= 15 is 0 Å². The number of carbonyl (C=O) groups excluding carboxylic acids is 1. The summed E-state index contributed by atoms with van der Waals surface area (Å²) < 4.78 is 4.95. The lowest BCUT2D eigenvalue weighted by atomic mass is 9.88. The number of aromatic nitrogens is 2. The number of nitrogens with zero attached hydrogens (tertiary/aromatic N) is 5. The fraction of sp³-hybridized carbons (Fsp3) is 0.278. The van der Waals surface area contributed by atoms with Crippen molar-refractivity contribution in [3.05, 3.63) is 53.2 Å². The Hall–Kier alpha value is -3.45. The molecule has 0 amide bonds. The van der Waals surface area contributed by atoms with Gasteiger partial charge in [0.25, 0.3) is 0 Å². The molecular formula is C18H15N5O2. The van der Waals surface area contributed by atoms with Gasteiger partial charge in [-0.25, -0.2) is 0 Å². The first-order valence-corrected chi connectivity index (χ1v) is 7.73. The standard InChI is InChI=1S/C18H15N5O2/c1-25-18(24)16-11-23(17-7-6-14(9-20)21-22-17)10-15(16)13-4-2-12(8-19)3-5-13/h2-7,15-16H,10-11H2,1H3/t15-,16+/m0/s1. The van der Waals surface area contributed by atoms with Crippen LogP contribution in [-0.4, -0.2) is 36.4 Å². The molecule has 1 aromatic carbocycles. The molecular weight excluding hydrogens is 318 g/mol. The predicted octanol–water partition coefficient (Wildman–Crippen LogP) is 1.61. The second kappa shape index (κ2) is 6.98. The largest absolute Gasteiger partial charge is 0.469 e. The van der Waals surface area contributed by atoms with Crippen LogP contribution in [0.5, 0.6) is 0 Å². The van der Waals surface area contributed by atoms with Gasteiger partial charge in [-0.3, -0.25) is 4.79 Å². The number of methoxy groups -OCH3 is 1. The highest BCUT2D eigenvalue weighted by Crippen LogP contribution is 2.35. The third-order valence-electron chi connectivity index (χ3n) is 4.38. The Morgan fingerprint density at radius 3 is 2.44 bits per heavy atom. The smallest absolute Gasteiger partial charge is 0.311 e. The molecule has 0 aliphatic carbocycles. The minimum atomic E-state index is -0.338. The Kier molecular flexibility index (Phi) is 4.58. The van der Waals surface area contributed by atoms with Crippen molar-refractivity contribution in [2.45, 2.75) is 5.92 Å². The van der Waals surface area contributed by atoms with Gasteiger partial charge >= 0.3 is 5.97 Å². The Balaban J connectivity index is 1.88. The van der Waals surface area contributed by atoms with Gasteiger partial charge in [-0.1, -0.05) is 12.1 Å². The van der Waals surface area contributed by atoms with Gasteiger partial charge in [0, 0.05) is 19.0 Å². The van der Waals surface area contributed by atoms with Crippen molar-refractivity contribution in [3.63, 3.8) is 0 Å². The fourth-order valence-electron chi connectivity index (χ4n) is 3.08. The van der Waals surface area contributed by atoms with Crippen molar-refractivity contribution >= 4 is 11.8 Å². The highest BCUT2D eigenvalue weighted by Gasteiger charge is 2.39. The van der Waals surface area contributed by atoms with Crippen LogP contribution in [0, 0.1) is 28.6 Å². The van der Waals surface area contributed by atoms with E-state index < -0.39 is 0 Å². The average molecular weight is 333 g/mol. The predicted molar refractivity (Wildman–Crippen MR) is 88.4 cm³/mol. The summed E-state index contributed by atoms with van der Waals surface area (Å²) in [5, 5.41) is 25.7. The van der Waals surface area contributed by atoms with E-state index in [1.165, 1.54) is 7.11 Å². The molecule has 3 rings (SSSR count). The highest BCUT2D eigenvalue weighted by molar-refractivity contribution is 5.75. The molecule has 0 spiro atoms. The lowest BCUT2D eigenvalue weighted by Crippen LogP contribution is -2.25. The molecule has 0 N–H and O–H groups in total. The number of ether oxygens (including phenoxy) is 1. The third kappa shape index (κ3) is 3.26. The summed E-state index contributed by atoms with van der Waals surface area (Å²) in [5.41, 5.74) is 1.79. The summed E-state index contributed by atoms with van der Waals surface area (Å²) in [7, 11) is 1.38. The maximum absolute atomic E-state index is 12.2. The van der Waals surface area contributed by atoms with E-state index in [-0.39, 0.29) is 23.5 Å².